The van der Waals surface area contributed by atoms with Crippen molar-refractivity contribution in [3.8, 4) is 0 Å². The van der Waals surface area contributed by atoms with E-state index in [0.717, 1.165) is 25.0 Å². The molecule has 6 nitrogen and oxygen atoms in total. The second kappa shape index (κ2) is 5.16. The molecule has 2 bridgehead atoms. The highest BCUT2D eigenvalue weighted by atomic mass is 16.4. The molecule has 3 rings (SSSR count). The molecule has 4 unspecified atom stereocenters. The molecule has 0 aromatic carbocycles. The van der Waals surface area contributed by atoms with Gasteiger partial charge in [0.25, 0.3) is 0 Å². The fraction of sp³-hybridized carbons (Fsp3) is 0.667. The van der Waals surface area contributed by atoms with E-state index in [4.69, 9.17) is 0 Å². The molecule has 1 aromatic rings. The van der Waals surface area contributed by atoms with Gasteiger partial charge in [-0.2, -0.15) is 5.10 Å². The van der Waals surface area contributed by atoms with Gasteiger partial charge in [-0.1, -0.05) is 0 Å². The van der Waals surface area contributed by atoms with E-state index in [1.54, 1.807) is 16.6 Å². The molecule has 2 aliphatic carbocycles. The van der Waals surface area contributed by atoms with Crippen molar-refractivity contribution < 1.29 is 14.7 Å². The summed E-state index contributed by atoms with van der Waals surface area (Å²) in [5, 5.41) is 13.7. The highest BCUT2D eigenvalue weighted by Gasteiger charge is 2.54. The lowest BCUT2D eigenvalue weighted by atomic mass is 9.78. The smallest absolute Gasteiger partial charge is 0.307 e. The summed E-state index contributed by atoms with van der Waals surface area (Å²) in [4.78, 5) is 25.8. The van der Waals surface area contributed by atoms with Crippen molar-refractivity contribution in [1.82, 2.24) is 14.7 Å². The zero-order chi connectivity index (χ0) is 15.1. The van der Waals surface area contributed by atoms with Gasteiger partial charge in [-0.05, 0) is 37.2 Å². The molecule has 2 fully saturated rings. The first-order valence-electron chi connectivity index (χ1n) is 7.43. The number of carboxylic acids is 1. The number of aryl methyl sites for hydroxylation is 1. The van der Waals surface area contributed by atoms with Gasteiger partial charge in [0.05, 0.1) is 24.1 Å². The number of nitrogens with zero attached hydrogens (tertiary/aromatic N) is 3. The number of carbonyl (C=O) groups excluding carboxylic acids is 1. The third-order valence-electron chi connectivity index (χ3n) is 5.03. The molecule has 6 heteroatoms. The summed E-state index contributed by atoms with van der Waals surface area (Å²) in [5.74, 6) is -1.27. The number of carboxylic acid groups (broad SMARTS) is 1. The molecule has 0 radical (unpaired) electrons. The Morgan fingerprint density at radius 2 is 2.05 bits per heavy atom. The Morgan fingerprint density at radius 1 is 1.38 bits per heavy atom. The molecule has 0 saturated heterocycles. The summed E-state index contributed by atoms with van der Waals surface area (Å²) in [6.07, 6.45) is 4.67. The van der Waals surface area contributed by atoms with Crippen LogP contribution in [0.25, 0.3) is 0 Å². The third kappa shape index (κ3) is 2.43. The van der Waals surface area contributed by atoms with E-state index in [0.29, 0.717) is 6.54 Å². The van der Waals surface area contributed by atoms with Crippen molar-refractivity contribution in [2.45, 2.75) is 25.8 Å². The number of fused-ring (bicyclic) bond motifs is 2. The van der Waals surface area contributed by atoms with Crippen molar-refractivity contribution in [1.29, 1.82) is 0 Å². The minimum atomic E-state index is -0.813. The predicted molar refractivity (Wildman–Crippen MR) is 75.1 cm³/mol. The summed E-state index contributed by atoms with van der Waals surface area (Å²) in [5.41, 5.74) is 0.823. The summed E-state index contributed by atoms with van der Waals surface area (Å²) in [7, 11) is 3.57. The summed E-state index contributed by atoms with van der Waals surface area (Å²) in [6, 6.07) is 1.87. The molecule has 0 aliphatic heterocycles. The normalized spacial score (nSPS) is 30.6. The molecule has 1 amide bonds. The summed E-state index contributed by atoms with van der Waals surface area (Å²) >= 11 is 0. The van der Waals surface area contributed by atoms with Crippen molar-refractivity contribution in [3.05, 3.63) is 18.0 Å². The van der Waals surface area contributed by atoms with Gasteiger partial charge in [0.1, 0.15) is 0 Å². The van der Waals surface area contributed by atoms with E-state index in [1.165, 1.54) is 0 Å². The van der Waals surface area contributed by atoms with Crippen LogP contribution < -0.4 is 0 Å². The van der Waals surface area contributed by atoms with E-state index < -0.39 is 11.9 Å². The highest BCUT2D eigenvalue weighted by molar-refractivity contribution is 5.86. The maximum atomic E-state index is 12.7. The van der Waals surface area contributed by atoms with Crippen molar-refractivity contribution in [2.75, 3.05) is 7.05 Å². The van der Waals surface area contributed by atoms with Crippen LogP contribution in [0.15, 0.2) is 12.3 Å². The summed E-state index contributed by atoms with van der Waals surface area (Å²) < 4.78 is 1.70. The number of aliphatic carboxylic acids is 1. The second-order valence-corrected chi connectivity index (χ2v) is 6.40. The first-order chi connectivity index (χ1) is 9.97. The topological polar surface area (TPSA) is 75.4 Å². The van der Waals surface area contributed by atoms with Crippen LogP contribution in [0.2, 0.25) is 0 Å². The fourth-order valence-corrected chi connectivity index (χ4v) is 4.12. The molecule has 4 atom stereocenters. The van der Waals surface area contributed by atoms with Crippen molar-refractivity contribution >= 4 is 11.9 Å². The Labute approximate surface area is 123 Å². The van der Waals surface area contributed by atoms with Gasteiger partial charge >= 0.3 is 5.97 Å². The predicted octanol–water partition coefficient (Wildman–Crippen LogP) is 1.13. The van der Waals surface area contributed by atoms with Crippen LogP contribution in [0.3, 0.4) is 0 Å². The van der Waals surface area contributed by atoms with Gasteiger partial charge in [-0.15, -0.1) is 0 Å². The molecular formula is C15H21N3O3. The molecule has 21 heavy (non-hydrogen) atoms. The van der Waals surface area contributed by atoms with Crippen LogP contribution in [0.4, 0.5) is 0 Å². The van der Waals surface area contributed by atoms with Gasteiger partial charge in [-0.25, -0.2) is 0 Å². The zero-order valence-electron chi connectivity index (χ0n) is 12.4. The van der Waals surface area contributed by atoms with Crippen LogP contribution in [-0.2, 0) is 23.2 Å². The van der Waals surface area contributed by atoms with Gasteiger partial charge in [0, 0.05) is 20.3 Å². The van der Waals surface area contributed by atoms with E-state index in [9.17, 15) is 14.7 Å². The largest absolute Gasteiger partial charge is 0.481 e. The number of aromatic nitrogens is 2. The molecule has 1 heterocycles. The van der Waals surface area contributed by atoms with Crippen molar-refractivity contribution in [2.24, 2.45) is 30.7 Å². The summed E-state index contributed by atoms with van der Waals surface area (Å²) in [6.45, 7) is 0.430. The first-order valence-corrected chi connectivity index (χ1v) is 7.43. The SMILES string of the molecule is CN(Cc1ccn(C)n1)C(=O)C1C2CCC(C2)C1C(=O)O. The monoisotopic (exact) mass is 291 g/mol. The minimum Gasteiger partial charge on any atom is -0.481 e. The van der Waals surface area contributed by atoms with Gasteiger partial charge in [0.2, 0.25) is 5.91 Å². The molecule has 1 aromatic heterocycles. The lowest BCUT2D eigenvalue weighted by Gasteiger charge is -2.30. The number of carbonyl (C=O) groups is 2. The molecule has 0 spiro atoms. The van der Waals surface area contributed by atoms with Crippen molar-refractivity contribution in [3.63, 3.8) is 0 Å². The molecule has 2 saturated carbocycles. The van der Waals surface area contributed by atoms with E-state index >= 15 is 0 Å². The number of hydrogen-bond donors (Lipinski definition) is 1. The molecule has 2 aliphatic rings. The van der Waals surface area contributed by atoms with Crippen LogP contribution in [0.1, 0.15) is 25.0 Å². The Bertz CT molecular complexity index is 568. The average molecular weight is 291 g/mol. The Hall–Kier alpha value is -1.85. The van der Waals surface area contributed by atoms with Gasteiger partial charge in [-0.3, -0.25) is 14.3 Å². The van der Waals surface area contributed by atoms with Crippen LogP contribution in [0, 0.1) is 23.7 Å². The quantitative estimate of drug-likeness (QED) is 0.902. The molecule has 114 valence electrons. The van der Waals surface area contributed by atoms with E-state index in [-0.39, 0.29) is 23.7 Å². The maximum absolute atomic E-state index is 12.7. The third-order valence-corrected chi connectivity index (χ3v) is 5.03. The Kier molecular flexibility index (Phi) is 3.47. The number of rotatable bonds is 4. The fourth-order valence-electron chi connectivity index (χ4n) is 4.12. The lowest BCUT2D eigenvalue weighted by molar-refractivity contribution is -0.152. The van der Waals surface area contributed by atoms with Crippen LogP contribution >= 0.6 is 0 Å². The standard InChI is InChI=1S/C15H21N3O3/c1-17(8-11-5-6-18(2)16-11)14(19)12-9-3-4-10(7-9)13(12)15(20)21/h5-6,9-10,12-13H,3-4,7-8H2,1-2H3,(H,20,21). The van der Waals surface area contributed by atoms with Gasteiger partial charge < -0.3 is 10.0 Å². The second-order valence-electron chi connectivity index (χ2n) is 6.40. The Morgan fingerprint density at radius 3 is 2.62 bits per heavy atom. The van der Waals surface area contributed by atoms with E-state index in [1.807, 2.05) is 19.3 Å². The van der Waals surface area contributed by atoms with Crippen LogP contribution in [-0.4, -0.2) is 38.7 Å². The molecular weight excluding hydrogens is 270 g/mol. The average Bonchev–Trinajstić information content (AvgIpc) is 3.12. The maximum Gasteiger partial charge on any atom is 0.307 e. The van der Waals surface area contributed by atoms with Gasteiger partial charge in [0.15, 0.2) is 0 Å². The number of amides is 1. The van der Waals surface area contributed by atoms with Crippen LogP contribution in [0.5, 0.6) is 0 Å². The zero-order valence-corrected chi connectivity index (χ0v) is 12.4. The molecule has 1 N–H and O–H groups in total. The first kappa shape index (κ1) is 14.1. The lowest BCUT2D eigenvalue weighted by Crippen LogP contribution is -2.41. The highest BCUT2D eigenvalue weighted by Crippen LogP contribution is 2.52. The number of hydrogen-bond acceptors (Lipinski definition) is 3. The minimum absolute atomic E-state index is 0.0414. The Balaban J connectivity index is 1.73. The van der Waals surface area contributed by atoms with E-state index in [2.05, 4.69) is 5.10 Å².